The van der Waals surface area contributed by atoms with Crippen molar-refractivity contribution >= 4 is 28.9 Å². The number of rotatable bonds is 4. The summed E-state index contributed by atoms with van der Waals surface area (Å²) in [7, 11) is 3.87. The maximum Gasteiger partial charge on any atom is 0.238 e. The number of hydrogen-bond donors (Lipinski definition) is 2. The van der Waals surface area contributed by atoms with E-state index in [1.165, 1.54) is 0 Å². The molecule has 0 saturated carbocycles. The van der Waals surface area contributed by atoms with Gasteiger partial charge in [0.1, 0.15) is 0 Å². The molecule has 116 valence electrons. The van der Waals surface area contributed by atoms with Crippen LogP contribution in [0.4, 0.5) is 11.4 Å². The quantitative estimate of drug-likeness (QED) is 0.890. The zero-order valence-corrected chi connectivity index (χ0v) is 13.4. The van der Waals surface area contributed by atoms with Gasteiger partial charge in [0.25, 0.3) is 0 Å². The highest BCUT2D eigenvalue weighted by atomic mass is 35.5. The number of halogens is 1. The standard InChI is InChI=1S/C15H23ClN4O/c1-19(2)14-4-3-11(16)9-13(14)18-15(21)10-20-7-5-12(17)6-8-20/h3-4,9,12H,5-8,10,17H2,1-2H3,(H,18,21). The maximum absolute atomic E-state index is 12.2. The summed E-state index contributed by atoms with van der Waals surface area (Å²) in [5.74, 6) is -0.0177. The number of carbonyl (C=O) groups is 1. The highest BCUT2D eigenvalue weighted by Gasteiger charge is 2.18. The summed E-state index contributed by atoms with van der Waals surface area (Å²) in [5.41, 5.74) is 7.55. The molecule has 0 aliphatic carbocycles. The van der Waals surface area contributed by atoms with Crippen LogP contribution in [0.1, 0.15) is 12.8 Å². The Bertz CT molecular complexity index is 498. The second kappa shape index (κ2) is 7.11. The molecule has 0 bridgehead atoms. The topological polar surface area (TPSA) is 61.6 Å². The lowest BCUT2D eigenvalue weighted by Crippen LogP contribution is -2.43. The molecule has 5 nitrogen and oxygen atoms in total. The van der Waals surface area contributed by atoms with Crippen LogP contribution in [-0.2, 0) is 4.79 Å². The highest BCUT2D eigenvalue weighted by molar-refractivity contribution is 6.31. The number of benzene rings is 1. The van der Waals surface area contributed by atoms with Gasteiger partial charge in [-0.1, -0.05) is 11.6 Å². The fourth-order valence-electron chi connectivity index (χ4n) is 2.50. The lowest BCUT2D eigenvalue weighted by atomic mass is 10.1. The van der Waals surface area contributed by atoms with Crippen LogP contribution in [0, 0.1) is 0 Å². The van der Waals surface area contributed by atoms with Gasteiger partial charge in [-0.3, -0.25) is 9.69 Å². The number of nitrogens with one attached hydrogen (secondary N) is 1. The summed E-state index contributed by atoms with van der Waals surface area (Å²) < 4.78 is 0. The van der Waals surface area contributed by atoms with Crippen molar-refractivity contribution in [2.24, 2.45) is 5.73 Å². The van der Waals surface area contributed by atoms with Crippen LogP contribution in [0.25, 0.3) is 0 Å². The van der Waals surface area contributed by atoms with Gasteiger partial charge in [-0.15, -0.1) is 0 Å². The second-order valence-electron chi connectivity index (χ2n) is 5.72. The Balaban J connectivity index is 1.97. The molecule has 1 aliphatic heterocycles. The number of amides is 1. The lowest BCUT2D eigenvalue weighted by molar-refractivity contribution is -0.117. The molecule has 0 atom stereocenters. The predicted molar refractivity (Wildman–Crippen MR) is 88.1 cm³/mol. The van der Waals surface area contributed by atoms with E-state index < -0.39 is 0 Å². The van der Waals surface area contributed by atoms with Crippen LogP contribution in [-0.4, -0.2) is 50.6 Å². The molecule has 1 aromatic carbocycles. The summed E-state index contributed by atoms with van der Waals surface area (Å²) in [6.45, 7) is 2.15. The first-order valence-corrected chi connectivity index (χ1v) is 7.58. The van der Waals surface area contributed by atoms with Gasteiger partial charge in [0, 0.05) is 38.2 Å². The molecule has 0 radical (unpaired) electrons. The van der Waals surface area contributed by atoms with Gasteiger partial charge in [0.05, 0.1) is 17.9 Å². The van der Waals surface area contributed by atoms with Crippen molar-refractivity contribution in [2.75, 3.05) is 43.9 Å². The Morgan fingerprint density at radius 2 is 2.10 bits per heavy atom. The average molecular weight is 311 g/mol. The molecule has 1 amide bonds. The number of likely N-dealkylation sites (tertiary alicyclic amines) is 1. The normalized spacial score (nSPS) is 16.8. The molecular weight excluding hydrogens is 288 g/mol. The van der Waals surface area contributed by atoms with Crippen LogP contribution < -0.4 is 16.0 Å². The molecule has 0 aromatic heterocycles. The first-order valence-electron chi connectivity index (χ1n) is 7.20. The van der Waals surface area contributed by atoms with Gasteiger partial charge in [-0.05, 0) is 31.0 Å². The van der Waals surface area contributed by atoms with Crippen molar-refractivity contribution in [2.45, 2.75) is 18.9 Å². The third-order valence-electron chi connectivity index (χ3n) is 3.71. The fourth-order valence-corrected chi connectivity index (χ4v) is 2.67. The minimum absolute atomic E-state index is 0.0177. The molecule has 1 fully saturated rings. The Morgan fingerprint density at radius 1 is 1.43 bits per heavy atom. The Labute approximate surface area is 131 Å². The Kier molecular flexibility index (Phi) is 5.45. The maximum atomic E-state index is 12.2. The van der Waals surface area contributed by atoms with E-state index in [-0.39, 0.29) is 11.9 Å². The van der Waals surface area contributed by atoms with E-state index in [0.717, 1.165) is 37.3 Å². The fraction of sp³-hybridized carbons (Fsp3) is 0.533. The van der Waals surface area contributed by atoms with E-state index in [9.17, 15) is 4.79 Å². The van der Waals surface area contributed by atoms with Crippen LogP contribution in [0.2, 0.25) is 5.02 Å². The molecular formula is C15H23ClN4O. The van der Waals surface area contributed by atoms with E-state index in [2.05, 4.69) is 10.2 Å². The molecule has 21 heavy (non-hydrogen) atoms. The van der Waals surface area contributed by atoms with Gasteiger partial charge in [0.2, 0.25) is 5.91 Å². The average Bonchev–Trinajstić information content (AvgIpc) is 2.41. The zero-order chi connectivity index (χ0) is 15.4. The minimum Gasteiger partial charge on any atom is -0.376 e. The molecule has 3 N–H and O–H groups in total. The van der Waals surface area contributed by atoms with Gasteiger partial charge < -0.3 is 16.0 Å². The van der Waals surface area contributed by atoms with Gasteiger partial charge in [-0.25, -0.2) is 0 Å². The number of anilines is 2. The number of carbonyl (C=O) groups excluding carboxylic acids is 1. The summed E-state index contributed by atoms with van der Waals surface area (Å²) in [6, 6.07) is 5.77. The van der Waals surface area contributed by atoms with Crippen molar-refractivity contribution in [1.29, 1.82) is 0 Å². The molecule has 6 heteroatoms. The van der Waals surface area contributed by atoms with E-state index >= 15 is 0 Å². The zero-order valence-electron chi connectivity index (χ0n) is 12.6. The smallest absolute Gasteiger partial charge is 0.238 e. The molecule has 1 aliphatic rings. The van der Waals surface area contributed by atoms with Gasteiger partial charge in [-0.2, -0.15) is 0 Å². The first-order chi connectivity index (χ1) is 9.95. The van der Waals surface area contributed by atoms with E-state index in [4.69, 9.17) is 17.3 Å². The number of piperidine rings is 1. The van der Waals surface area contributed by atoms with Crippen LogP contribution in [0.3, 0.4) is 0 Å². The minimum atomic E-state index is -0.0177. The van der Waals surface area contributed by atoms with Crippen LogP contribution in [0.5, 0.6) is 0 Å². The SMILES string of the molecule is CN(C)c1ccc(Cl)cc1NC(=O)CN1CCC(N)CC1. The predicted octanol–water partition coefficient (Wildman–Crippen LogP) is 1.77. The first kappa shape index (κ1) is 16.1. The highest BCUT2D eigenvalue weighted by Crippen LogP contribution is 2.27. The van der Waals surface area contributed by atoms with Crippen molar-refractivity contribution < 1.29 is 4.79 Å². The van der Waals surface area contributed by atoms with Gasteiger partial charge in [0.15, 0.2) is 0 Å². The second-order valence-corrected chi connectivity index (χ2v) is 6.15. The van der Waals surface area contributed by atoms with Crippen LogP contribution >= 0.6 is 11.6 Å². The molecule has 2 rings (SSSR count). The number of hydrogen-bond acceptors (Lipinski definition) is 4. The third kappa shape index (κ3) is 4.59. The van der Waals surface area contributed by atoms with E-state index in [1.807, 2.05) is 31.1 Å². The summed E-state index contributed by atoms with van der Waals surface area (Å²) in [6.07, 6.45) is 1.90. The molecule has 1 saturated heterocycles. The van der Waals surface area contributed by atoms with Gasteiger partial charge >= 0.3 is 0 Å². The van der Waals surface area contributed by atoms with Crippen molar-refractivity contribution in [3.63, 3.8) is 0 Å². The summed E-state index contributed by atoms with van der Waals surface area (Å²) in [4.78, 5) is 16.3. The molecule has 0 spiro atoms. The largest absolute Gasteiger partial charge is 0.376 e. The third-order valence-corrected chi connectivity index (χ3v) is 3.95. The van der Waals surface area contributed by atoms with Crippen LogP contribution in [0.15, 0.2) is 18.2 Å². The number of nitrogens with two attached hydrogens (primary N) is 1. The lowest BCUT2D eigenvalue weighted by Gasteiger charge is -2.29. The molecule has 0 unspecified atom stereocenters. The van der Waals surface area contributed by atoms with Crippen molar-refractivity contribution in [3.8, 4) is 0 Å². The van der Waals surface area contributed by atoms with Crippen molar-refractivity contribution in [1.82, 2.24) is 4.90 Å². The Hall–Kier alpha value is -1.30. The summed E-state index contributed by atoms with van der Waals surface area (Å²) >= 11 is 6.02. The van der Waals surface area contributed by atoms with E-state index in [1.54, 1.807) is 6.07 Å². The summed E-state index contributed by atoms with van der Waals surface area (Å²) in [5, 5.41) is 3.56. The molecule has 1 aromatic rings. The van der Waals surface area contributed by atoms with Crippen molar-refractivity contribution in [3.05, 3.63) is 23.2 Å². The Morgan fingerprint density at radius 3 is 2.71 bits per heavy atom. The number of nitrogens with zero attached hydrogens (tertiary/aromatic N) is 2. The van der Waals surface area contributed by atoms with E-state index in [0.29, 0.717) is 11.6 Å². The monoisotopic (exact) mass is 310 g/mol. The molecule has 1 heterocycles.